The van der Waals surface area contributed by atoms with E-state index in [0.717, 1.165) is 38.0 Å². The first-order chi connectivity index (χ1) is 18.9. The highest BCUT2D eigenvalue weighted by atomic mass is 19.1. The minimum Gasteiger partial charge on any atom is -0.494 e. The Bertz CT molecular complexity index is 1530. The molecule has 1 atom stereocenters. The molecule has 1 aliphatic carbocycles. The largest absolute Gasteiger partial charge is 0.494 e. The van der Waals surface area contributed by atoms with Crippen LogP contribution in [0.3, 0.4) is 0 Å². The molecule has 3 fully saturated rings. The third kappa shape index (κ3) is 3.81. The Kier molecular flexibility index (Phi) is 5.31. The summed E-state index contributed by atoms with van der Waals surface area (Å²) in [6, 6.07) is 8.41. The Morgan fingerprint density at radius 1 is 1.13 bits per heavy atom. The van der Waals surface area contributed by atoms with Crippen molar-refractivity contribution in [2.45, 2.75) is 31.0 Å². The van der Waals surface area contributed by atoms with Crippen molar-refractivity contribution >= 4 is 34.8 Å². The number of urea groups is 1. The molecule has 1 unspecified atom stereocenters. The molecule has 2 N–H and O–H groups in total. The van der Waals surface area contributed by atoms with Crippen LogP contribution in [0.4, 0.5) is 15.0 Å². The quantitative estimate of drug-likeness (QED) is 0.461. The van der Waals surface area contributed by atoms with Gasteiger partial charge in [0.15, 0.2) is 22.7 Å². The lowest BCUT2D eigenvalue weighted by atomic mass is 9.95. The molecule has 2 aromatic heterocycles. The zero-order valence-corrected chi connectivity index (χ0v) is 21.3. The molecule has 4 aliphatic rings. The van der Waals surface area contributed by atoms with Gasteiger partial charge in [-0.25, -0.2) is 14.2 Å². The van der Waals surface area contributed by atoms with Gasteiger partial charge in [0, 0.05) is 44.8 Å². The van der Waals surface area contributed by atoms with Crippen LogP contribution in [-0.4, -0.2) is 78.5 Å². The van der Waals surface area contributed by atoms with E-state index in [4.69, 9.17) is 14.1 Å². The number of piperazine rings is 1. The number of carbonyl (C=O) groups is 3. The molecule has 3 aliphatic heterocycles. The molecule has 3 aromatic rings. The van der Waals surface area contributed by atoms with E-state index in [-0.39, 0.29) is 30.2 Å². The van der Waals surface area contributed by atoms with Crippen LogP contribution in [0.2, 0.25) is 0 Å². The number of nitrogens with one attached hydrogen (secondary N) is 2. The summed E-state index contributed by atoms with van der Waals surface area (Å²) >= 11 is 0. The van der Waals surface area contributed by atoms with Gasteiger partial charge in [0.2, 0.25) is 0 Å². The zero-order chi connectivity index (χ0) is 26.9. The highest BCUT2D eigenvalue weighted by molar-refractivity contribution is 6.08. The number of furan rings is 1. The first kappa shape index (κ1) is 23.9. The van der Waals surface area contributed by atoms with Crippen LogP contribution >= 0.6 is 0 Å². The van der Waals surface area contributed by atoms with E-state index >= 15 is 0 Å². The number of fused-ring (bicyclic) bond motifs is 2. The normalized spacial score (nSPS) is 23.4. The lowest BCUT2D eigenvalue weighted by molar-refractivity contribution is -0.125. The van der Waals surface area contributed by atoms with Gasteiger partial charge in [-0.2, -0.15) is 0 Å². The number of nitrogens with zero attached hydrogens (tertiary/aromatic N) is 4. The fourth-order valence-electron chi connectivity index (χ4n) is 5.88. The maximum absolute atomic E-state index is 14.9. The molecule has 12 heteroatoms. The molecule has 39 heavy (non-hydrogen) atoms. The van der Waals surface area contributed by atoms with Crippen molar-refractivity contribution in [3.05, 3.63) is 53.0 Å². The number of benzene rings is 1. The number of rotatable bonds is 6. The molecule has 2 saturated heterocycles. The predicted octanol–water partition coefficient (Wildman–Crippen LogP) is 1.95. The van der Waals surface area contributed by atoms with E-state index in [2.05, 4.69) is 20.4 Å². The van der Waals surface area contributed by atoms with Crippen LogP contribution in [0.25, 0.3) is 11.1 Å². The van der Waals surface area contributed by atoms with E-state index in [1.54, 1.807) is 18.2 Å². The third-order valence-corrected chi connectivity index (χ3v) is 8.13. The van der Waals surface area contributed by atoms with Crippen molar-refractivity contribution in [2.75, 3.05) is 44.7 Å². The molecular weight excluding hydrogens is 507 g/mol. The minimum absolute atomic E-state index is 0.0429. The number of ether oxygens (including phenoxy) is 1. The van der Waals surface area contributed by atoms with Gasteiger partial charge in [-0.05, 0) is 36.6 Å². The van der Waals surface area contributed by atoms with Gasteiger partial charge in [0.1, 0.15) is 17.1 Å². The first-order valence-corrected chi connectivity index (χ1v) is 13.0. The topological polar surface area (TPSA) is 120 Å². The molecule has 7 rings (SSSR count). The lowest BCUT2D eigenvalue weighted by Crippen LogP contribution is -2.52. The molecule has 0 spiro atoms. The molecular formula is C27H27FN6O5. The van der Waals surface area contributed by atoms with E-state index in [1.165, 1.54) is 30.9 Å². The number of halogens is 1. The Morgan fingerprint density at radius 3 is 2.62 bits per heavy atom. The number of pyridine rings is 1. The predicted molar refractivity (Wildman–Crippen MR) is 137 cm³/mol. The molecule has 0 bridgehead atoms. The molecule has 1 aromatic carbocycles. The standard InChI is InChI=1S/C27H27FN6O5/c1-38-19-5-2-15-13-34(24(35)22(15)23(19)28)14-27(25(36)30-26(37)31-27)20-12-17-18(39-20)6-7-21(29-17)33-10-8-32(9-11-33)16-3-4-16/h2,5-7,12,16H,3-4,8-11,13-14H2,1H3,(H2,30,31,36,37). The summed E-state index contributed by atoms with van der Waals surface area (Å²) in [6.45, 7) is 3.55. The fourth-order valence-corrected chi connectivity index (χ4v) is 5.88. The zero-order valence-electron chi connectivity index (χ0n) is 21.3. The van der Waals surface area contributed by atoms with E-state index in [1.807, 2.05) is 6.07 Å². The summed E-state index contributed by atoms with van der Waals surface area (Å²) in [6.07, 6.45) is 2.57. The number of hydrogen-bond acceptors (Lipinski definition) is 8. The second-order valence-corrected chi connectivity index (χ2v) is 10.5. The maximum atomic E-state index is 14.9. The van der Waals surface area contributed by atoms with Gasteiger partial charge >= 0.3 is 6.03 Å². The van der Waals surface area contributed by atoms with Gasteiger partial charge in [-0.3, -0.25) is 19.8 Å². The highest BCUT2D eigenvalue weighted by Crippen LogP contribution is 2.36. The first-order valence-electron chi connectivity index (χ1n) is 13.0. The molecule has 4 amide bonds. The number of hydrogen-bond donors (Lipinski definition) is 2. The van der Waals surface area contributed by atoms with Crippen LogP contribution in [0.5, 0.6) is 5.75 Å². The number of amides is 4. The van der Waals surface area contributed by atoms with E-state index in [9.17, 15) is 18.8 Å². The number of anilines is 1. The van der Waals surface area contributed by atoms with Crippen molar-refractivity contribution in [3.8, 4) is 5.75 Å². The number of imide groups is 1. The third-order valence-electron chi connectivity index (χ3n) is 8.13. The molecule has 0 radical (unpaired) electrons. The van der Waals surface area contributed by atoms with E-state index in [0.29, 0.717) is 16.7 Å². The summed E-state index contributed by atoms with van der Waals surface area (Å²) in [5, 5.41) is 4.91. The van der Waals surface area contributed by atoms with Crippen LogP contribution in [0.15, 0.2) is 34.7 Å². The van der Waals surface area contributed by atoms with Crippen molar-refractivity contribution in [1.82, 2.24) is 25.4 Å². The summed E-state index contributed by atoms with van der Waals surface area (Å²) in [7, 11) is 1.32. The van der Waals surface area contributed by atoms with Crippen molar-refractivity contribution < 1.29 is 27.9 Å². The summed E-state index contributed by atoms with van der Waals surface area (Å²) in [4.78, 5) is 49.6. The number of carbonyl (C=O) groups excluding carboxylic acids is 3. The second kappa shape index (κ2) is 8.67. The average Bonchev–Trinajstić information content (AvgIpc) is 3.52. The average molecular weight is 535 g/mol. The monoisotopic (exact) mass is 534 g/mol. The number of aromatic nitrogens is 1. The minimum atomic E-state index is -1.70. The Hall–Kier alpha value is -4.19. The smallest absolute Gasteiger partial charge is 0.322 e. The molecule has 11 nitrogen and oxygen atoms in total. The van der Waals surface area contributed by atoms with Crippen LogP contribution in [-0.2, 0) is 16.9 Å². The highest BCUT2D eigenvalue weighted by Gasteiger charge is 2.53. The van der Waals surface area contributed by atoms with Gasteiger partial charge in [0.25, 0.3) is 11.8 Å². The lowest BCUT2D eigenvalue weighted by Gasteiger charge is -2.35. The summed E-state index contributed by atoms with van der Waals surface area (Å²) in [5.74, 6) is -1.10. The number of methoxy groups -OCH3 is 1. The van der Waals surface area contributed by atoms with Gasteiger partial charge < -0.3 is 24.3 Å². The van der Waals surface area contributed by atoms with Crippen molar-refractivity contribution in [1.29, 1.82) is 0 Å². The Labute approximate surface area is 222 Å². The summed E-state index contributed by atoms with van der Waals surface area (Å²) < 4.78 is 26.0. The van der Waals surface area contributed by atoms with Gasteiger partial charge in [0.05, 0.1) is 19.2 Å². The van der Waals surface area contributed by atoms with Gasteiger partial charge in [-0.15, -0.1) is 0 Å². The van der Waals surface area contributed by atoms with Gasteiger partial charge in [-0.1, -0.05) is 6.07 Å². The molecule has 1 saturated carbocycles. The summed E-state index contributed by atoms with van der Waals surface area (Å²) in [5.41, 5.74) is -0.355. The van der Waals surface area contributed by atoms with Crippen LogP contribution < -0.4 is 20.3 Å². The van der Waals surface area contributed by atoms with Crippen LogP contribution in [0.1, 0.15) is 34.5 Å². The SMILES string of the molecule is COc1ccc2c(c1F)C(=O)N(CC1(c3cc4nc(N5CCN(C6CC6)CC5)ccc4o3)NC(=O)NC1=O)C2. The molecule has 5 heterocycles. The molecule has 202 valence electrons. The second-order valence-electron chi connectivity index (χ2n) is 10.5. The van der Waals surface area contributed by atoms with E-state index < -0.39 is 29.2 Å². The maximum Gasteiger partial charge on any atom is 0.322 e. The fraction of sp³-hybridized carbons (Fsp3) is 0.407. The Morgan fingerprint density at radius 2 is 1.92 bits per heavy atom. The van der Waals surface area contributed by atoms with Crippen molar-refractivity contribution in [2.24, 2.45) is 0 Å². The van der Waals surface area contributed by atoms with Crippen LogP contribution in [0, 0.1) is 5.82 Å². The van der Waals surface area contributed by atoms with Crippen molar-refractivity contribution in [3.63, 3.8) is 0 Å². The Balaban J connectivity index is 1.19.